The fraction of sp³-hybridized carbons (Fsp3) is 1.00. The van der Waals surface area contributed by atoms with Crippen LogP contribution in [0.3, 0.4) is 0 Å². The van der Waals surface area contributed by atoms with Crippen LogP contribution in [0.2, 0.25) is 0 Å². The van der Waals surface area contributed by atoms with E-state index < -0.39 is 0 Å². The molecule has 3 heteroatoms. The maximum Gasteiger partial charge on any atom is 0.117 e. The Morgan fingerprint density at radius 3 is 2.90 bits per heavy atom. The monoisotopic (exact) mass is 147 g/mol. The van der Waals surface area contributed by atoms with Crippen LogP contribution in [0.4, 0.5) is 4.39 Å². The summed E-state index contributed by atoms with van der Waals surface area (Å²) in [5, 5.41) is 0. The molecule has 1 heterocycles. The highest BCUT2D eigenvalue weighted by molar-refractivity contribution is 4.73. The molecule has 0 aliphatic carbocycles. The molecule has 1 aliphatic rings. The van der Waals surface area contributed by atoms with Gasteiger partial charge in [-0.3, -0.25) is 4.90 Å². The average Bonchev–Trinajstić information content (AvgIpc) is 1.95. The lowest BCUT2D eigenvalue weighted by atomic mass is 10.2. The maximum atomic E-state index is 12.0. The van der Waals surface area contributed by atoms with Crippen molar-refractivity contribution < 1.29 is 9.13 Å². The maximum absolute atomic E-state index is 12.0. The second-order valence-corrected chi connectivity index (χ2v) is 2.90. The molecule has 0 bridgehead atoms. The molecule has 1 saturated heterocycles. The van der Waals surface area contributed by atoms with E-state index in [4.69, 9.17) is 4.74 Å². The van der Waals surface area contributed by atoms with Crippen molar-refractivity contribution >= 4 is 0 Å². The van der Waals surface area contributed by atoms with Crippen LogP contribution >= 0.6 is 0 Å². The summed E-state index contributed by atoms with van der Waals surface area (Å²) in [6, 6.07) is 0.433. The Kier molecular flexibility index (Phi) is 2.63. The second kappa shape index (κ2) is 3.30. The van der Waals surface area contributed by atoms with Crippen molar-refractivity contribution in [1.29, 1.82) is 0 Å². The molecule has 0 aromatic heterocycles. The molecular weight excluding hydrogens is 133 g/mol. The topological polar surface area (TPSA) is 12.5 Å². The number of nitrogens with zero attached hydrogens (tertiary/aromatic N) is 1. The molecule has 0 unspecified atom stereocenters. The van der Waals surface area contributed by atoms with E-state index in [0.717, 1.165) is 6.54 Å². The number of alkyl halides is 1. The number of ether oxygens (including phenoxy) is 1. The van der Waals surface area contributed by atoms with E-state index >= 15 is 0 Å². The van der Waals surface area contributed by atoms with Crippen molar-refractivity contribution in [2.45, 2.75) is 19.1 Å². The van der Waals surface area contributed by atoms with Gasteiger partial charge in [0.25, 0.3) is 0 Å². The molecule has 0 N–H and O–H groups in total. The summed E-state index contributed by atoms with van der Waals surface area (Å²) in [6.07, 6.45) is -0.193. The van der Waals surface area contributed by atoms with E-state index in [1.165, 1.54) is 0 Å². The molecule has 10 heavy (non-hydrogen) atoms. The van der Waals surface area contributed by atoms with Crippen LogP contribution in [0, 0.1) is 0 Å². The van der Waals surface area contributed by atoms with Gasteiger partial charge in [-0.2, -0.15) is 0 Å². The molecule has 0 radical (unpaired) electrons. The fourth-order valence-electron chi connectivity index (χ4n) is 1.05. The van der Waals surface area contributed by atoms with Crippen LogP contribution in [-0.2, 0) is 4.74 Å². The largest absolute Gasteiger partial charge is 0.373 e. The molecule has 0 amide bonds. The van der Waals surface area contributed by atoms with Gasteiger partial charge in [-0.05, 0) is 14.0 Å². The first kappa shape index (κ1) is 7.95. The van der Waals surface area contributed by atoms with Gasteiger partial charge in [-0.15, -0.1) is 0 Å². The predicted octanol–water partition coefficient (Wildman–Crippen LogP) is 0.675. The summed E-state index contributed by atoms with van der Waals surface area (Å²) >= 11 is 0. The number of morpholine rings is 1. The van der Waals surface area contributed by atoms with Crippen LogP contribution in [0.25, 0.3) is 0 Å². The third-order valence-corrected chi connectivity index (χ3v) is 1.99. The molecular formula is C7H14FNO. The summed E-state index contributed by atoms with van der Waals surface area (Å²) in [6.45, 7) is 3.09. The van der Waals surface area contributed by atoms with Gasteiger partial charge in [0.2, 0.25) is 0 Å². The molecule has 1 fully saturated rings. The first-order chi connectivity index (χ1) is 4.74. The van der Waals surface area contributed by atoms with Crippen LogP contribution < -0.4 is 0 Å². The Morgan fingerprint density at radius 1 is 1.70 bits per heavy atom. The molecule has 0 aromatic carbocycles. The Labute approximate surface area is 61.0 Å². The van der Waals surface area contributed by atoms with Gasteiger partial charge in [0.05, 0.1) is 12.7 Å². The third kappa shape index (κ3) is 1.67. The average molecular weight is 147 g/mol. The summed E-state index contributed by atoms with van der Waals surface area (Å²) < 4.78 is 17.2. The highest BCUT2D eigenvalue weighted by Gasteiger charge is 2.22. The van der Waals surface area contributed by atoms with Crippen LogP contribution in [0.1, 0.15) is 6.92 Å². The van der Waals surface area contributed by atoms with Crippen molar-refractivity contribution in [3.8, 4) is 0 Å². The van der Waals surface area contributed by atoms with Gasteiger partial charge in [0.15, 0.2) is 0 Å². The molecule has 2 nitrogen and oxygen atoms in total. The number of rotatable bonds is 1. The fourth-order valence-corrected chi connectivity index (χ4v) is 1.05. The highest BCUT2D eigenvalue weighted by Crippen LogP contribution is 2.08. The predicted molar refractivity (Wildman–Crippen MR) is 37.8 cm³/mol. The van der Waals surface area contributed by atoms with Gasteiger partial charge >= 0.3 is 0 Å². The summed E-state index contributed by atoms with van der Waals surface area (Å²) in [5.74, 6) is 0. The molecule has 2 atom stereocenters. The van der Waals surface area contributed by atoms with Gasteiger partial charge < -0.3 is 4.74 Å². The lowest BCUT2D eigenvalue weighted by molar-refractivity contribution is -0.0570. The smallest absolute Gasteiger partial charge is 0.117 e. The van der Waals surface area contributed by atoms with Gasteiger partial charge in [-0.25, -0.2) is 4.39 Å². The third-order valence-electron chi connectivity index (χ3n) is 1.99. The zero-order valence-corrected chi connectivity index (χ0v) is 6.51. The van der Waals surface area contributed by atoms with Crippen molar-refractivity contribution in [3.63, 3.8) is 0 Å². The van der Waals surface area contributed by atoms with E-state index in [9.17, 15) is 4.39 Å². The van der Waals surface area contributed by atoms with Crippen LogP contribution in [-0.4, -0.2) is 43.9 Å². The van der Waals surface area contributed by atoms with Gasteiger partial charge in [-0.1, -0.05) is 0 Å². The van der Waals surface area contributed by atoms with Crippen molar-refractivity contribution in [2.24, 2.45) is 0 Å². The Balaban J connectivity index is 2.33. The highest BCUT2D eigenvalue weighted by atomic mass is 19.1. The first-order valence-corrected chi connectivity index (χ1v) is 3.62. The zero-order chi connectivity index (χ0) is 7.56. The first-order valence-electron chi connectivity index (χ1n) is 3.62. The van der Waals surface area contributed by atoms with E-state index in [1.807, 2.05) is 7.05 Å². The Hall–Kier alpha value is -0.150. The van der Waals surface area contributed by atoms with E-state index in [1.54, 1.807) is 0 Å². The standard InChI is InChI=1S/C7H14FNO/c1-6-5-10-7(3-8)4-9(6)2/h6-7H,3-5H2,1-2H3/t6-,7+/m1/s1. The summed E-state index contributed by atoms with van der Waals surface area (Å²) in [7, 11) is 2.00. The number of hydrogen-bond acceptors (Lipinski definition) is 2. The molecule has 0 spiro atoms. The Morgan fingerprint density at radius 2 is 2.40 bits per heavy atom. The normalized spacial score (nSPS) is 36.3. The van der Waals surface area contributed by atoms with Crippen molar-refractivity contribution in [1.82, 2.24) is 4.90 Å². The number of halogens is 1. The van der Waals surface area contributed by atoms with Crippen molar-refractivity contribution in [3.05, 3.63) is 0 Å². The lowest BCUT2D eigenvalue weighted by Crippen LogP contribution is -2.46. The molecule has 1 aliphatic heterocycles. The van der Waals surface area contributed by atoms with E-state index in [2.05, 4.69) is 11.8 Å². The van der Waals surface area contributed by atoms with Gasteiger partial charge in [0.1, 0.15) is 6.67 Å². The quantitative estimate of drug-likeness (QED) is 0.540. The zero-order valence-electron chi connectivity index (χ0n) is 6.51. The minimum Gasteiger partial charge on any atom is -0.373 e. The molecule has 0 saturated carbocycles. The molecule has 60 valence electrons. The van der Waals surface area contributed by atoms with Crippen molar-refractivity contribution in [2.75, 3.05) is 26.9 Å². The minimum atomic E-state index is -0.364. The number of likely N-dealkylation sites (N-methyl/N-ethyl adjacent to an activating group) is 1. The number of hydrogen-bond donors (Lipinski definition) is 0. The van der Waals surface area contributed by atoms with Crippen LogP contribution in [0.15, 0.2) is 0 Å². The summed E-state index contributed by atoms with van der Waals surface area (Å²) in [4.78, 5) is 2.12. The molecule has 1 rings (SSSR count). The van der Waals surface area contributed by atoms with E-state index in [0.29, 0.717) is 12.6 Å². The van der Waals surface area contributed by atoms with Crippen LogP contribution in [0.5, 0.6) is 0 Å². The summed E-state index contributed by atoms with van der Waals surface area (Å²) in [5.41, 5.74) is 0. The minimum absolute atomic E-state index is 0.193. The second-order valence-electron chi connectivity index (χ2n) is 2.90. The molecule has 0 aromatic rings. The SMILES string of the molecule is C[C@@H]1CO[C@@H](CF)CN1C. The Bertz CT molecular complexity index is 110. The van der Waals surface area contributed by atoms with E-state index in [-0.39, 0.29) is 12.8 Å². The van der Waals surface area contributed by atoms with Gasteiger partial charge in [0, 0.05) is 12.6 Å². The lowest BCUT2D eigenvalue weighted by Gasteiger charge is -2.33.